The topological polar surface area (TPSA) is 26.3 Å². The first-order chi connectivity index (χ1) is 19.1. The lowest BCUT2D eigenvalue weighted by Crippen LogP contribution is -2.54. The van der Waals surface area contributed by atoms with Crippen molar-refractivity contribution in [3.05, 3.63) is 35.9 Å². The molecule has 0 heterocycles. The summed E-state index contributed by atoms with van der Waals surface area (Å²) in [7, 11) is 0. The molecule has 0 aliphatic heterocycles. The van der Waals surface area contributed by atoms with E-state index in [1.54, 1.807) is 0 Å². The van der Waals surface area contributed by atoms with Gasteiger partial charge >= 0.3 is 0 Å². The van der Waals surface area contributed by atoms with Gasteiger partial charge in [-0.05, 0) is 122 Å². The van der Waals surface area contributed by atoms with E-state index in [9.17, 15) is 4.79 Å². The molecule has 9 atom stereocenters. The van der Waals surface area contributed by atoms with Crippen molar-refractivity contribution < 1.29 is 9.53 Å². The third-order valence-electron chi connectivity index (χ3n) is 12.5. The van der Waals surface area contributed by atoms with E-state index in [1.165, 1.54) is 76.0 Å². The van der Waals surface area contributed by atoms with Gasteiger partial charge in [-0.3, -0.25) is 4.79 Å². The van der Waals surface area contributed by atoms with Crippen molar-refractivity contribution in [3.63, 3.8) is 0 Å². The lowest BCUT2D eigenvalue weighted by atomic mass is 9.44. The van der Waals surface area contributed by atoms with E-state index in [1.807, 2.05) is 30.3 Å². The fourth-order valence-electron chi connectivity index (χ4n) is 10.4. The second-order valence-electron chi connectivity index (χ2n) is 15.0. The maximum atomic E-state index is 12.5. The number of ketones is 1. The van der Waals surface area contributed by atoms with Crippen molar-refractivity contribution in [2.45, 2.75) is 118 Å². The van der Waals surface area contributed by atoms with Crippen LogP contribution in [-0.2, 0) is 4.74 Å². The Morgan fingerprint density at radius 3 is 2.42 bits per heavy atom. The van der Waals surface area contributed by atoms with E-state index in [2.05, 4.69) is 34.6 Å². The molecular formula is C36H54O2S2. The van der Waals surface area contributed by atoms with E-state index in [0.717, 1.165) is 59.8 Å². The molecule has 4 aliphatic rings. The number of fused-ring (bicyclic) bond motifs is 5. The Kier molecular flexibility index (Phi) is 9.77. The van der Waals surface area contributed by atoms with Gasteiger partial charge in [0.15, 0.2) is 5.78 Å². The summed E-state index contributed by atoms with van der Waals surface area (Å²) in [6.07, 6.45) is 16.6. The maximum absolute atomic E-state index is 12.5. The summed E-state index contributed by atoms with van der Waals surface area (Å²) >= 11 is 6.99. The molecule has 4 fully saturated rings. The molecule has 4 aliphatic carbocycles. The number of ether oxygens (including phenoxy) is 1. The van der Waals surface area contributed by atoms with E-state index in [4.69, 9.17) is 17.0 Å². The maximum Gasteiger partial charge on any atom is 0.220 e. The molecule has 5 rings (SSSR count). The molecule has 0 radical (unpaired) electrons. The van der Waals surface area contributed by atoms with Crippen molar-refractivity contribution in [2.75, 3.05) is 5.75 Å². The SMILES string of the molecule is CC(C)CCC[C@@H](C)[C@H]1CC[C@H]2[C@@H]3CC[C@H]4C[C@@H](OC(=S)SCC(=O)c5ccccc5)CC[C@]4(C)[C@H]3CC[C@]12C. The summed E-state index contributed by atoms with van der Waals surface area (Å²) < 4.78 is 6.88. The predicted molar refractivity (Wildman–Crippen MR) is 174 cm³/mol. The highest BCUT2D eigenvalue weighted by Gasteiger charge is 2.60. The van der Waals surface area contributed by atoms with Gasteiger partial charge < -0.3 is 4.74 Å². The molecule has 0 unspecified atom stereocenters. The number of hydrogen-bond donors (Lipinski definition) is 0. The Morgan fingerprint density at radius 1 is 0.950 bits per heavy atom. The zero-order valence-electron chi connectivity index (χ0n) is 25.8. The van der Waals surface area contributed by atoms with Crippen LogP contribution in [-0.4, -0.2) is 22.0 Å². The van der Waals surface area contributed by atoms with E-state index >= 15 is 0 Å². The Morgan fingerprint density at radius 2 is 1.68 bits per heavy atom. The van der Waals surface area contributed by atoms with Gasteiger partial charge in [0.1, 0.15) is 6.10 Å². The fraction of sp³-hybridized carbons (Fsp3) is 0.778. The van der Waals surface area contributed by atoms with Crippen molar-refractivity contribution in [1.82, 2.24) is 0 Å². The molecule has 1 aromatic rings. The van der Waals surface area contributed by atoms with Crippen LogP contribution in [0.4, 0.5) is 0 Å². The lowest BCUT2D eigenvalue weighted by Gasteiger charge is -2.61. The second-order valence-corrected chi connectivity index (χ2v) is 16.6. The highest BCUT2D eigenvalue weighted by molar-refractivity contribution is 8.23. The number of Topliss-reactive ketones (excluding diaryl/α,β-unsaturated/α-hetero) is 1. The quantitative estimate of drug-likeness (QED) is 0.214. The second kappa shape index (κ2) is 12.8. The number of thioether (sulfide) groups is 1. The number of rotatable bonds is 9. The zero-order chi connectivity index (χ0) is 28.5. The first kappa shape index (κ1) is 30.6. The van der Waals surface area contributed by atoms with Gasteiger partial charge in [0, 0.05) is 5.56 Å². The van der Waals surface area contributed by atoms with Crippen LogP contribution in [0.5, 0.6) is 0 Å². The summed E-state index contributed by atoms with van der Waals surface area (Å²) in [6, 6.07) is 9.51. The molecule has 222 valence electrons. The molecule has 1 aromatic carbocycles. The number of thiocarbonyl (C=S) groups is 1. The van der Waals surface area contributed by atoms with Crippen molar-refractivity contribution in [1.29, 1.82) is 0 Å². The van der Waals surface area contributed by atoms with Gasteiger partial charge in [0.2, 0.25) is 4.38 Å². The molecule has 0 spiro atoms. The lowest BCUT2D eigenvalue weighted by molar-refractivity contribution is -0.127. The molecule has 4 saturated carbocycles. The predicted octanol–water partition coefficient (Wildman–Crippen LogP) is 10.4. The average molecular weight is 583 g/mol. The number of benzene rings is 1. The molecule has 0 saturated heterocycles. The largest absolute Gasteiger partial charge is 0.475 e. The van der Waals surface area contributed by atoms with Gasteiger partial charge in [0.05, 0.1) is 5.75 Å². The van der Waals surface area contributed by atoms with Gasteiger partial charge in [-0.25, -0.2) is 0 Å². The van der Waals surface area contributed by atoms with Gasteiger partial charge in [-0.2, -0.15) is 0 Å². The molecular weight excluding hydrogens is 529 g/mol. The smallest absolute Gasteiger partial charge is 0.220 e. The van der Waals surface area contributed by atoms with Gasteiger partial charge in [-0.1, -0.05) is 96.0 Å². The van der Waals surface area contributed by atoms with Crippen molar-refractivity contribution in [3.8, 4) is 0 Å². The Balaban J connectivity index is 1.14. The van der Waals surface area contributed by atoms with Crippen LogP contribution < -0.4 is 0 Å². The van der Waals surface area contributed by atoms with Crippen LogP contribution in [0.3, 0.4) is 0 Å². The Hall–Kier alpha value is -0.870. The highest BCUT2D eigenvalue weighted by atomic mass is 32.2. The summed E-state index contributed by atoms with van der Waals surface area (Å²) in [6.45, 7) is 12.7. The standard InChI is InChI=1S/C36H54O2S2/c1-24(2)10-9-11-25(3)30-16-17-31-29-15-14-27-22-28(18-20-35(27,4)32(29)19-21-36(30,31)5)38-34(39)40-23-33(37)26-12-7-6-8-13-26/h6-8,12-13,24-25,27-32H,9-11,14-23H2,1-5H3/t25-,27+,28+,29+,30-,31+,32+,35+,36-/m1/s1. The molecule has 0 N–H and O–H groups in total. The monoisotopic (exact) mass is 582 g/mol. The molecule has 4 heteroatoms. The van der Waals surface area contributed by atoms with E-state index in [0.29, 0.717) is 21.0 Å². The minimum atomic E-state index is 0.120. The van der Waals surface area contributed by atoms with Crippen LogP contribution in [0.2, 0.25) is 0 Å². The number of carbonyl (C=O) groups is 1. The van der Waals surface area contributed by atoms with Crippen LogP contribution in [0.1, 0.15) is 122 Å². The van der Waals surface area contributed by atoms with Gasteiger partial charge in [-0.15, -0.1) is 0 Å². The third kappa shape index (κ3) is 6.24. The van der Waals surface area contributed by atoms with Crippen molar-refractivity contribution >= 4 is 34.1 Å². The molecule has 40 heavy (non-hydrogen) atoms. The van der Waals surface area contributed by atoms with Crippen LogP contribution in [0, 0.1) is 52.3 Å². The van der Waals surface area contributed by atoms with E-state index < -0.39 is 0 Å². The van der Waals surface area contributed by atoms with E-state index in [-0.39, 0.29) is 11.9 Å². The summed E-state index contributed by atoms with van der Waals surface area (Å²) in [4.78, 5) is 12.5. The summed E-state index contributed by atoms with van der Waals surface area (Å²) in [5.74, 6) is 6.67. The fourth-order valence-corrected chi connectivity index (χ4v) is 11.3. The highest BCUT2D eigenvalue weighted by Crippen LogP contribution is 2.68. The van der Waals surface area contributed by atoms with Crippen LogP contribution in [0.15, 0.2) is 30.3 Å². The third-order valence-corrected chi connectivity index (χ3v) is 13.7. The summed E-state index contributed by atoms with van der Waals surface area (Å²) in [5, 5.41) is 0. The Labute approximate surface area is 254 Å². The summed E-state index contributed by atoms with van der Waals surface area (Å²) in [5.41, 5.74) is 1.78. The molecule has 0 bridgehead atoms. The minimum Gasteiger partial charge on any atom is -0.475 e. The molecule has 0 aromatic heterocycles. The normalized spacial score (nSPS) is 37.8. The average Bonchev–Trinajstić information content (AvgIpc) is 3.29. The molecule has 0 amide bonds. The molecule has 2 nitrogen and oxygen atoms in total. The first-order valence-electron chi connectivity index (χ1n) is 16.5. The van der Waals surface area contributed by atoms with Gasteiger partial charge in [0.25, 0.3) is 0 Å². The minimum absolute atomic E-state index is 0.120. The van der Waals surface area contributed by atoms with Crippen LogP contribution >= 0.6 is 24.0 Å². The first-order valence-corrected chi connectivity index (χ1v) is 17.9. The Bertz CT molecular complexity index is 1020. The van der Waals surface area contributed by atoms with Crippen molar-refractivity contribution in [2.24, 2.45) is 52.3 Å². The van der Waals surface area contributed by atoms with Crippen LogP contribution in [0.25, 0.3) is 0 Å². The number of hydrogen-bond acceptors (Lipinski definition) is 4. The zero-order valence-corrected chi connectivity index (χ0v) is 27.5. The number of carbonyl (C=O) groups excluding carboxylic acids is 1.